The predicted molar refractivity (Wildman–Crippen MR) is 120 cm³/mol. The van der Waals surface area contributed by atoms with E-state index in [1.807, 2.05) is 42.5 Å². The van der Waals surface area contributed by atoms with Crippen LogP contribution < -0.4 is 20.9 Å². The van der Waals surface area contributed by atoms with Gasteiger partial charge in [0.15, 0.2) is 0 Å². The highest BCUT2D eigenvalue weighted by molar-refractivity contribution is 5.99. The van der Waals surface area contributed by atoms with Gasteiger partial charge in [0.05, 0.1) is 18.0 Å². The number of anilines is 1. The van der Waals surface area contributed by atoms with E-state index in [2.05, 4.69) is 10.6 Å². The zero-order valence-corrected chi connectivity index (χ0v) is 17.8. The Kier molecular flexibility index (Phi) is 5.13. The van der Waals surface area contributed by atoms with Gasteiger partial charge in [0, 0.05) is 24.6 Å². The van der Waals surface area contributed by atoms with Crippen molar-refractivity contribution in [3.05, 3.63) is 64.2 Å². The molecule has 164 valence electrons. The smallest absolute Gasteiger partial charge is 0.264 e. The minimum Gasteiger partial charge on any atom is -0.497 e. The molecular formula is C24H24N4O4. The van der Waals surface area contributed by atoms with Crippen molar-refractivity contribution in [2.45, 2.75) is 44.2 Å². The summed E-state index contributed by atoms with van der Waals surface area (Å²) < 4.78 is 6.73. The molecular weight excluding hydrogens is 408 g/mol. The van der Waals surface area contributed by atoms with Crippen molar-refractivity contribution in [2.75, 3.05) is 12.4 Å². The van der Waals surface area contributed by atoms with Gasteiger partial charge in [-0.3, -0.25) is 24.3 Å². The van der Waals surface area contributed by atoms with Gasteiger partial charge in [0.2, 0.25) is 11.8 Å². The van der Waals surface area contributed by atoms with Crippen LogP contribution in [0.2, 0.25) is 0 Å². The van der Waals surface area contributed by atoms with E-state index in [1.165, 1.54) is 4.57 Å². The number of ether oxygens (including phenoxy) is 1. The van der Waals surface area contributed by atoms with E-state index in [-0.39, 0.29) is 23.8 Å². The van der Waals surface area contributed by atoms with E-state index < -0.39 is 11.9 Å². The maximum Gasteiger partial charge on any atom is 0.264 e. The number of amides is 2. The molecule has 8 heteroatoms. The van der Waals surface area contributed by atoms with Crippen LogP contribution in [0.25, 0.3) is 10.9 Å². The number of hydrogen-bond donors (Lipinski definition) is 2. The Morgan fingerprint density at radius 1 is 1.09 bits per heavy atom. The third kappa shape index (κ3) is 3.72. The number of carbonyl (C=O) groups is 2. The Morgan fingerprint density at radius 3 is 2.56 bits per heavy atom. The van der Waals surface area contributed by atoms with Crippen LogP contribution in [0.4, 0.5) is 5.69 Å². The topological polar surface area (TPSA) is 102 Å². The molecule has 1 atom stereocenters. The highest BCUT2D eigenvalue weighted by Gasteiger charge is 2.36. The number of benzene rings is 2. The van der Waals surface area contributed by atoms with Crippen molar-refractivity contribution in [2.24, 2.45) is 0 Å². The summed E-state index contributed by atoms with van der Waals surface area (Å²) in [6, 6.07) is 12.5. The van der Waals surface area contributed by atoms with Crippen LogP contribution in [0.5, 0.6) is 5.75 Å². The monoisotopic (exact) mass is 432 g/mol. The summed E-state index contributed by atoms with van der Waals surface area (Å²) in [4.78, 5) is 42.8. The van der Waals surface area contributed by atoms with E-state index >= 15 is 0 Å². The molecule has 1 unspecified atom stereocenters. The van der Waals surface area contributed by atoms with Gasteiger partial charge in [-0.1, -0.05) is 18.2 Å². The summed E-state index contributed by atoms with van der Waals surface area (Å²) in [7, 11) is 1.62. The molecule has 2 amide bonds. The fourth-order valence-corrected chi connectivity index (χ4v) is 4.21. The minimum absolute atomic E-state index is 0.174. The fraction of sp³-hybridized carbons (Fsp3) is 0.333. The SMILES string of the molecule is COc1ccc(CNc2cccc3nc(C4CC4)n(C4CCC(=O)NC4=O)c(=O)c23)cc1. The van der Waals surface area contributed by atoms with Gasteiger partial charge < -0.3 is 10.1 Å². The number of nitrogens with zero attached hydrogens (tertiary/aromatic N) is 2. The largest absolute Gasteiger partial charge is 0.497 e. The number of fused-ring (bicyclic) bond motifs is 1. The lowest BCUT2D eigenvalue weighted by Gasteiger charge is -2.25. The summed E-state index contributed by atoms with van der Waals surface area (Å²) >= 11 is 0. The van der Waals surface area contributed by atoms with E-state index in [4.69, 9.17) is 9.72 Å². The van der Waals surface area contributed by atoms with Crippen molar-refractivity contribution in [1.82, 2.24) is 14.9 Å². The number of carbonyl (C=O) groups excluding carboxylic acids is 2. The van der Waals surface area contributed by atoms with Crippen LogP contribution in [0.15, 0.2) is 47.3 Å². The van der Waals surface area contributed by atoms with Crippen LogP contribution in [-0.4, -0.2) is 28.5 Å². The van der Waals surface area contributed by atoms with Gasteiger partial charge in [0.25, 0.3) is 5.56 Å². The van der Waals surface area contributed by atoms with Gasteiger partial charge in [-0.25, -0.2) is 4.98 Å². The average Bonchev–Trinajstić information content (AvgIpc) is 3.64. The molecule has 1 aliphatic carbocycles. The highest BCUT2D eigenvalue weighted by Crippen LogP contribution is 2.40. The molecule has 2 N–H and O–H groups in total. The van der Waals surface area contributed by atoms with E-state index in [0.717, 1.165) is 24.2 Å². The molecule has 8 nitrogen and oxygen atoms in total. The summed E-state index contributed by atoms with van der Waals surface area (Å²) in [6.45, 7) is 0.519. The second-order valence-electron chi connectivity index (χ2n) is 8.29. The van der Waals surface area contributed by atoms with Crippen molar-refractivity contribution in [1.29, 1.82) is 0 Å². The van der Waals surface area contributed by atoms with Gasteiger partial charge in [0.1, 0.15) is 17.6 Å². The van der Waals surface area contributed by atoms with Crippen LogP contribution in [0.3, 0.4) is 0 Å². The maximum atomic E-state index is 13.7. The standard InChI is InChI=1S/C24H24N4O4/c1-32-16-9-5-14(6-10-16)13-25-17-3-2-4-18-21(17)24(31)28(22(26-18)15-7-8-15)19-11-12-20(29)27-23(19)30/h2-6,9-10,15,19,25H,7-8,11-13H2,1H3,(H,27,29,30). The average molecular weight is 432 g/mol. The molecule has 1 saturated carbocycles. The van der Waals surface area contributed by atoms with E-state index in [0.29, 0.717) is 35.4 Å². The number of rotatable bonds is 6. The third-order valence-electron chi connectivity index (χ3n) is 6.06. The lowest BCUT2D eigenvalue weighted by Crippen LogP contribution is -2.45. The normalized spacial score (nSPS) is 18.5. The zero-order chi connectivity index (χ0) is 22.2. The Hall–Kier alpha value is -3.68. The molecule has 32 heavy (non-hydrogen) atoms. The van der Waals surface area contributed by atoms with E-state index in [1.54, 1.807) is 7.11 Å². The van der Waals surface area contributed by atoms with Crippen molar-refractivity contribution < 1.29 is 14.3 Å². The first kappa shape index (κ1) is 20.2. The van der Waals surface area contributed by atoms with E-state index in [9.17, 15) is 14.4 Å². The van der Waals surface area contributed by atoms with Crippen molar-refractivity contribution in [3.63, 3.8) is 0 Å². The first-order valence-corrected chi connectivity index (χ1v) is 10.8. The number of imide groups is 1. The molecule has 2 fully saturated rings. The molecule has 2 aliphatic rings. The van der Waals surface area contributed by atoms with Crippen LogP contribution in [0, 0.1) is 0 Å². The van der Waals surface area contributed by atoms with Gasteiger partial charge >= 0.3 is 0 Å². The quantitative estimate of drug-likeness (QED) is 0.581. The first-order valence-electron chi connectivity index (χ1n) is 10.8. The van der Waals surface area contributed by atoms with Gasteiger partial charge in [-0.15, -0.1) is 0 Å². The van der Waals surface area contributed by atoms with Crippen molar-refractivity contribution >= 4 is 28.4 Å². The first-order chi connectivity index (χ1) is 15.5. The molecule has 0 radical (unpaired) electrons. The number of hydrogen-bond acceptors (Lipinski definition) is 6. The summed E-state index contributed by atoms with van der Waals surface area (Å²) in [5.41, 5.74) is 2.07. The predicted octanol–water partition coefficient (Wildman–Crippen LogP) is 2.87. The zero-order valence-electron chi connectivity index (χ0n) is 17.8. The molecule has 5 rings (SSSR count). The molecule has 2 heterocycles. The molecule has 0 spiro atoms. The molecule has 2 aromatic carbocycles. The summed E-state index contributed by atoms with van der Waals surface area (Å²) in [6.07, 6.45) is 2.41. The lowest BCUT2D eigenvalue weighted by atomic mass is 10.0. The Labute approximate surface area is 184 Å². The number of aromatic nitrogens is 2. The van der Waals surface area contributed by atoms with Crippen LogP contribution in [0.1, 0.15) is 49.0 Å². The number of nitrogens with one attached hydrogen (secondary N) is 2. The lowest BCUT2D eigenvalue weighted by molar-refractivity contribution is -0.135. The van der Waals surface area contributed by atoms with Gasteiger partial charge in [-0.2, -0.15) is 0 Å². The summed E-state index contributed by atoms with van der Waals surface area (Å²) in [5, 5.41) is 6.17. The highest BCUT2D eigenvalue weighted by atomic mass is 16.5. The van der Waals surface area contributed by atoms with Gasteiger partial charge in [-0.05, 0) is 49.1 Å². The Bertz CT molecular complexity index is 1260. The molecule has 3 aromatic rings. The number of methoxy groups -OCH3 is 1. The molecule has 1 saturated heterocycles. The molecule has 1 aromatic heterocycles. The maximum absolute atomic E-state index is 13.7. The number of piperidine rings is 1. The van der Waals surface area contributed by atoms with Crippen LogP contribution >= 0.6 is 0 Å². The Morgan fingerprint density at radius 2 is 1.88 bits per heavy atom. The summed E-state index contributed by atoms with van der Waals surface area (Å²) in [5.74, 6) is 0.860. The molecule has 1 aliphatic heterocycles. The Balaban J connectivity index is 1.55. The van der Waals surface area contributed by atoms with Crippen molar-refractivity contribution in [3.8, 4) is 5.75 Å². The van der Waals surface area contributed by atoms with Crippen LogP contribution in [-0.2, 0) is 16.1 Å². The fourth-order valence-electron chi connectivity index (χ4n) is 4.21. The minimum atomic E-state index is -0.720. The second kappa shape index (κ2) is 8.11. The molecule has 0 bridgehead atoms. The third-order valence-corrected chi connectivity index (χ3v) is 6.06. The second-order valence-corrected chi connectivity index (χ2v) is 8.29.